The van der Waals surface area contributed by atoms with Gasteiger partial charge >= 0.3 is 0 Å². The Kier molecular flexibility index (Phi) is 4.28. The Hall–Kier alpha value is -1.02. The molecule has 0 amide bonds. The molecule has 0 heterocycles. The molecule has 0 bridgehead atoms. The highest BCUT2D eigenvalue weighted by molar-refractivity contribution is 6.30. The standard InChI is InChI=1S/C15H14Cl2O/c16-10-9-15(18,12-5-2-1-3-6-12)13-7-4-8-14(17)11-13/h1-8,11,18H,9-10H2. The number of rotatable bonds is 4. The van der Waals surface area contributed by atoms with Crippen LogP contribution in [0.25, 0.3) is 0 Å². The molecule has 3 heteroatoms. The topological polar surface area (TPSA) is 20.2 Å². The van der Waals surface area contributed by atoms with E-state index >= 15 is 0 Å². The van der Waals surface area contributed by atoms with Crippen LogP contribution in [0.3, 0.4) is 0 Å². The Bertz CT molecular complexity index is 513. The Morgan fingerprint density at radius 3 is 2.22 bits per heavy atom. The van der Waals surface area contributed by atoms with Gasteiger partial charge in [0.05, 0.1) is 0 Å². The van der Waals surface area contributed by atoms with Crippen LogP contribution in [-0.4, -0.2) is 11.0 Å². The summed E-state index contributed by atoms with van der Waals surface area (Å²) < 4.78 is 0. The van der Waals surface area contributed by atoms with Gasteiger partial charge in [-0.15, -0.1) is 11.6 Å². The average molecular weight is 281 g/mol. The molecule has 0 spiro atoms. The smallest absolute Gasteiger partial charge is 0.116 e. The van der Waals surface area contributed by atoms with Crippen LogP contribution in [0, 0.1) is 0 Å². The second-order valence-corrected chi connectivity index (χ2v) is 4.99. The summed E-state index contributed by atoms with van der Waals surface area (Å²) in [6.07, 6.45) is 0.443. The molecule has 1 unspecified atom stereocenters. The zero-order valence-corrected chi connectivity index (χ0v) is 11.3. The Morgan fingerprint density at radius 1 is 0.944 bits per heavy atom. The van der Waals surface area contributed by atoms with E-state index in [0.717, 1.165) is 11.1 Å². The normalized spacial score (nSPS) is 14.2. The molecule has 18 heavy (non-hydrogen) atoms. The lowest BCUT2D eigenvalue weighted by atomic mass is 9.84. The maximum absolute atomic E-state index is 10.9. The second-order valence-electron chi connectivity index (χ2n) is 4.18. The minimum atomic E-state index is -1.09. The van der Waals surface area contributed by atoms with Gasteiger partial charge in [-0.1, -0.05) is 54.1 Å². The fraction of sp³-hybridized carbons (Fsp3) is 0.200. The van der Waals surface area contributed by atoms with Crippen LogP contribution < -0.4 is 0 Å². The quantitative estimate of drug-likeness (QED) is 0.832. The molecular weight excluding hydrogens is 267 g/mol. The SMILES string of the molecule is OC(CCCl)(c1ccccc1)c1cccc(Cl)c1. The van der Waals surface area contributed by atoms with Crippen molar-refractivity contribution < 1.29 is 5.11 Å². The molecular formula is C15H14Cl2O. The highest BCUT2D eigenvalue weighted by Crippen LogP contribution is 2.34. The first-order valence-electron chi connectivity index (χ1n) is 5.77. The molecule has 0 aliphatic carbocycles. The maximum Gasteiger partial charge on any atom is 0.116 e. The van der Waals surface area contributed by atoms with Gasteiger partial charge in [0.25, 0.3) is 0 Å². The predicted octanol–water partition coefficient (Wildman–Crippen LogP) is 4.20. The molecule has 0 aromatic heterocycles. The zero-order valence-electron chi connectivity index (χ0n) is 9.81. The molecule has 2 rings (SSSR count). The van der Waals surface area contributed by atoms with Gasteiger partial charge in [0.1, 0.15) is 5.60 Å². The molecule has 2 aromatic carbocycles. The molecule has 0 radical (unpaired) electrons. The molecule has 0 saturated carbocycles. The van der Waals surface area contributed by atoms with E-state index in [4.69, 9.17) is 23.2 Å². The van der Waals surface area contributed by atoms with Gasteiger partial charge in [0.15, 0.2) is 0 Å². The number of halogens is 2. The van der Waals surface area contributed by atoms with Crippen molar-refractivity contribution in [1.29, 1.82) is 0 Å². The molecule has 1 nitrogen and oxygen atoms in total. The summed E-state index contributed by atoms with van der Waals surface area (Å²) in [6, 6.07) is 16.8. The third-order valence-corrected chi connectivity index (χ3v) is 3.43. The van der Waals surface area contributed by atoms with Crippen molar-refractivity contribution in [2.24, 2.45) is 0 Å². The maximum atomic E-state index is 10.9. The first-order valence-corrected chi connectivity index (χ1v) is 6.68. The molecule has 0 saturated heterocycles. The first-order chi connectivity index (χ1) is 8.66. The molecule has 1 N–H and O–H groups in total. The molecule has 2 aromatic rings. The summed E-state index contributed by atoms with van der Waals surface area (Å²) in [4.78, 5) is 0. The number of hydrogen-bond donors (Lipinski definition) is 1. The van der Waals surface area contributed by atoms with Gasteiger partial charge in [-0.2, -0.15) is 0 Å². The highest BCUT2D eigenvalue weighted by Gasteiger charge is 2.30. The van der Waals surface area contributed by atoms with Crippen molar-refractivity contribution in [2.45, 2.75) is 12.0 Å². The third-order valence-electron chi connectivity index (χ3n) is 3.01. The lowest BCUT2D eigenvalue weighted by Gasteiger charge is -2.28. The van der Waals surface area contributed by atoms with Crippen molar-refractivity contribution in [3.63, 3.8) is 0 Å². The van der Waals surface area contributed by atoms with Crippen LogP contribution >= 0.6 is 23.2 Å². The van der Waals surface area contributed by atoms with E-state index in [0.29, 0.717) is 17.3 Å². The van der Waals surface area contributed by atoms with Crippen molar-refractivity contribution in [3.05, 3.63) is 70.7 Å². The molecule has 0 aliphatic heterocycles. The van der Waals surface area contributed by atoms with Gasteiger partial charge in [-0.3, -0.25) is 0 Å². The fourth-order valence-corrected chi connectivity index (χ4v) is 2.52. The van der Waals surface area contributed by atoms with Gasteiger partial charge in [0, 0.05) is 10.9 Å². The monoisotopic (exact) mass is 280 g/mol. The second kappa shape index (κ2) is 5.75. The van der Waals surface area contributed by atoms with E-state index < -0.39 is 5.60 Å². The van der Waals surface area contributed by atoms with Crippen LogP contribution in [0.4, 0.5) is 0 Å². The van der Waals surface area contributed by atoms with Crippen LogP contribution in [0.1, 0.15) is 17.5 Å². The van der Waals surface area contributed by atoms with Gasteiger partial charge in [-0.25, -0.2) is 0 Å². The van der Waals surface area contributed by atoms with Gasteiger partial charge in [-0.05, 0) is 29.7 Å². The lowest BCUT2D eigenvalue weighted by molar-refractivity contribution is 0.0775. The van der Waals surface area contributed by atoms with Crippen molar-refractivity contribution >= 4 is 23.2 Å². The summed E-state index contributed by atoms with van der Waals surface area (Å²) >= 11 is 11.8. The largest absolute Gasteiger partial charge is 0.380 e. The van der Waals surface area contributed by atoms with Crippen LogP contribution in [0.2, 0.25) is 5.02 Å². The zero-order chi connectivity index (χ0) is 13.0. The number of benzene rings is 2. The minimum absolute atomic E-state index is 0.373. The van der Waals surface area contributed by atoms with Crippen molar-refractivity contribution in [1.82, 2.24) is 0 Å². The summed E-state index contributed by atoms with van der Waals surface area (Å²) in [5.74, 6) is 0.373. The summed E-state index contributed by atoms with van der Waals surface area (Å²) in [6.45, 7) is 0. The minimum Gasteiger partial charge on any atom is -0.380 e. The van der Waals surface area contributed by atoms with Crippen molar-refractivity contribution in [2.75, 3.05) is 5.88 Å². The Morgan fingerprint density at radius 2 is 1.61 bits per heavy atom. The highest BCUT2D eigenvalue weighted by atomic mass is 35.5. The number of aliphatic hydroxyl groups is 1. The Balaban J connectivity index is 2.50. The molecule has 94 valence electrons. The summed E-state index contributed by atoms with van der Waals surface area (Å²) in [5.41, 5.74) is 0.503. The van der Waals surface area contributed by atoms with Gasteiger partial charge < -0.3 is 5.11 Å². The number of hydrogen-bond acceptors (Lipinski definition) is 1. The first kappa shape index (κ1) is 13.4. The van der Waals surface area contributed by atoms with E-state index in [-0.39, 0.29) is 0 Å². The summed E-state index contributed by atoms with van der Waals surface area (Å²) in [5, 5.41) is 11.5. The predicted molar refractivity (Wildman–Crippen MR) is 76.2 cm³/mol. The van der Waals surface area contributed by atoms with Crippen LogP contribution in [0.15, 0.2) is 54.6 Å². The van der Waals surface area contributed by atoms with E-state index in [2.05, 4.69) is 0 Å². The Labute approximate surface area is 117 Å². The van der Waals surface area contributed by atoms with E-state index in [1.54, 1.807) is 12.1 Å². The van der Waals surface area contributed by atoms with E-state index in [1.807, 2.05) is 42.5 Å². The van der Waals surface area contributed by atoms with Gasteiger partial charge in [0.2, 0.25) is 0 Å². The molecule has 0 fully saturated rings. The fourth-order valence-electron chi connectivity index (χ4n) is 2.05. The number of alkyl halides is 1. The van der Waals surface area contributed by atoms with Crippen molar-refractivity contribution in [3.8, 4) is 0 Å². The summed E-state index contributed by atoms with van der Waals surface area (Å²) in [7, 11) is 0. The van der Waals surface area contributed by atoms with E-state index in [9.17, 15) is 5.11 Å². The molecule has 0 aliphatic rings. The third kappa shape index (κ3) is 2.69. The van der Waals surface area contributed by atoms with Crippen LogP contribution in [-0.2, 0) is 5.60 Å². The molecule has 1 atom stereocenters. The lowest BCUT2D eigenvalue weighted by Crippen LogP contribution is -2.27. The van der Waals surface area contributed by atoms with E-state index in [1.165, 1.54) is 0 Å². The van der Waals surface area contributed by atoms with Crippen LogP contribution in [0.5, 0.6) is 0 Å². The average Bonchev–Trinajstić information content (AvgIpc) is 2.40.